The van der Waals surface area contributed by atoms with Gasteiger partial charge in [0.15, 0.2) is 0 Å². The van der Waals surface area contributed by atoms with Gasteiger partial charge in [-0.2, -0.15) is 0 Å². The number of hydrogen-bond donors (Lipinski definition) is 0. The molecule has 1 nitrogen and oxygen atoms in total. The van der Waals surface area contributed by atoms with Gasteiger partial charge in [-0.25, -0.2) is 5.26 Å². The molecule has 0 aliphatic heterocycles. The van der Waals surface area contributed by atoms with E-state index < -0.39 is 9.85 Å². The molecule has 0 rings (SSSR count). The van der Waals surface area contributed by atoms with E-state index in [1.165, 1.54) is 5.69 Å². The van der Waals surface area contributed by atoms with Crippen LogP contribution in [0.1, 0.15) is 0 Å². The number of halogens is 1. The Bertz CT molecular complexity index is 37.8. The highest BCUT2D eigenvalue weighted by atomic mass is 28.3. The molecule has 0 atom stereocenters. The first-order valence-corrected chi connectivity index (χ1v) is 2.09. The Hall–Kier alpha value is -0.363. The van der Waals surface area contributed by atoms with Crippen LogP contribution in [0.4, 0.5) is 4.11 Å². The Morgan fingerprint density at radius 3 is 2.25 bits per heavy atom. The van der Waals surface area contributed by atoms with Crippen molar-refractivity contribution in [2.45, 2.75) is 0 Å². The summed E-state index contributed by atoms with van der Waals surface area (Å²) in [7, 11) is -1.77. The summed E-state index contributed by atoms with van der Waals surface area (Å²) in [6.07, 6.45) is 0. The molecule has 3 heteroatoms. The van der Waals surface area contributed by atoms with Crippen LogP contribution in [0.2, 0.25) is 0 Å². The fourth-order valence-corrected chi connectivity index (χ4v) is 0. The minimum atomic E-state index is -1.77. The predicted molar refractivity (Wildman–Crippen MR) is 15.3 cm³/mol. The zero-order chi connectivity index (χ0) is 3.41. The van der Waals surface area contributed by atoms with Crippen LogP contribution >= 0.6 is 0 Å². The van der Waals surface area contributed by atoms with Crippen molar-refractivity contribution in [3.63, 3.8) is 0 Å². The number of hydrogen-bond acceptors (Lipinski definition) is 1. The average Bonchev–Trinajstić information content (AvgIpc) is 1.37. The van der Waals surface area contributed by atoms with Gasteiger partial charge in [-0.1, -0.05) is 0 Å². The zero-order valence-corrected chi connectivity index (χ0v) is 3.45. The van der Waals surface area contributed by atoms with E-state index in [0.717, 1.165) is 0 Å². The number of nitriles is 1. The third-order valence-corrected chi connectivity index (χ3v) is 0.179. The predicted octanol–water partition coefficient (Wildman–Crippen LogP) is -0.479. The lowest BCUT2D eigenvalue weighted by molar-refractivity contribution is 0.885. The molecule has 0 aromatic heterocycles. The smallest absolute Gasteiger partial charge is 0.303 e. The Morgan fingerprint density at radius 2 is 2.25 bits per heavy atom. The molecule has 0 heterocycles. The number of nitrogens with zero attached hydrogens (tertiary/aromatic N) is 1. The van der Waals surface area contributed by atoms with Crippen molar-refractivity contribution in [1.82, 2.24) is 0 Å². The van der Waals surface area contributed by atoms with Crippen molar-refractivity contribution in [2.24, 2.45) is 0 Å². The first-order valence-electron chi connectivity index (χ1n) is 0.844. The Kier molecular flexibility index (Phi) is 2.40. The van der Waals surface area contributed by atoms with Crippen LogP contribution in [0.5, 0.6) is 0 Å². The second kappa shape index (κ2) is 2.64. The van der Waals surface area contributed by atoms with Gasteiger partial charge in [-0.3, -0.25) is 0 Å². The van der Waals surface area contributed by atoms with Gasteiger partial charge in [-0.05, 0) is 0 Å². The van der Waals surface area contributed by atoms with Crippen LogP contribution in [-0.2, 0) is 0 Å². The van der Waals surface area contributed by atoms with Gasteiger partial charge in [0.2, 0.25) is 0 Å². The summed E-state index contributed by atoms with van der Waals surface area (Å²) >= 11 is 0. The molecule has 0 aromatic carbocycles. The molecule has 0 spiro atoms. The minimum absolute atomic E-state index is 1.40. The van der Waals surface area contributed by atoms with Crippen LogP contribution in [0, 0.1) is 11.0 Å². The van der Waals surface area contributed by atoms with E-state index in [1.54, 1.807) is 0 Å². The van der Waals surface area contributed by atoms with E-state index >= 15 is 0 Å². The highest BCUT2D eigenvalue weighted by Crippen LogP contribution is 1.44. The summed E-state index contributed by atoms with van der Waals surface area (Å²) in [5, 5.41) is 7.31. The van der Waals surface area contributed by atoms with E-state index in [4.69, 9.17) is 5.26 Å². The standard InChI is InChI=1S/CH2FNSi/c2-4-1-3/h4H2. The molecule has 0 N–H and O–H groups in total. The Morgan fingerprint density at radius 1 is 2.00 bits per heavy atom. The molecule has 22 valence electrons. The summed E-state index contributed by atoms with van der Waals surface area (Å²) in [4.78, 5) is 0. The fourth-order valence-electron chi connectivity index (χ4n) is 0. The summed E-state index contributed by atoms with van der Waals surface area (Å²) in [6, 6.07) is 0. The molecular formula is CH2FNSi. The normalized spacial score (nSPS) is 8.00. The van der Waals surface area contributed by atoms with Crippen molar-refractivity contribution < 1.29 is 4.11 Å². The lowest BCUT2D eigenvalue weighted by atomic mass is 11.8. The second-order valence-electron chi connectivity index (χ2n) is 0.292. The quantitative estimate of drug-likeness (QED) is 0.282. The van der Waals surface area contributed by atoms with E-state index in [1.807, 2.05) is 0 Å². The van der Waals surface area contributed by atoms with Crippen molar-refractivity contribution >= 4 is 9.85 Å². The summed E-state index contributed by atoms with van der Waals surface area (Å²) in [5.74, 6) is 0. The molecule has 0 aliphatic rings. The summed E-state index contributed by atoms with van der Waals surface area (Å²) < 4.78 is 10.5. The van der Waals surface area contributed by atoms with Crippen LogP contribution in [0.25, 0.3) is 0 Å². The van der Waals surface area contributed by atoms with Crippen molar-refractivity contribution in [2.75, 3.05) is 0 Å². The van der Waals surface area contributed by atoms with Crippen LogP contribution in [-0.4, -0.2) is 9.85 Å². The van der Waals surface area contributed by atoms with Gasteiger partial charge < -0.3 is 4.11 Å². The Labute approximate surface area is 26.0 Å². The molecule has 0 amide bonds. The lowest BCUT2D eigenvalue weighted by Gasteiger charge is -1.41. The van der Waals surface area contributed by atoms with Crippen LogP contribution in [0.3, 0.4) is 0 Å². The molecule has 0 saturated heterocycles. The highest BCUT2D eigenvalue weighted by molar-refractivity contribution is 6.36. The monoisotopic (exact) mass is 75.0 g/mol. The SMILES string of the molecule is N#C[SiH2]F. The summed E-state index contributed by atoms with van der Waals surface area (Å²) in [5.41, 5.74) is 1.40. The second-order valence-corrected chi connectivity index (χ2v) is 0.875. The lowest BCUT2D eigenvalue weighted by Crippen LogP contribution is -1.60. The molecular weight excluding hydrogens is 73.1 g/mol. The average molecular weight is 75.1 g/mol. The van der Waals surface area contributed by atoms with Gasteiger partial charge >= 0.3 is 9.85 Å². The van der Waals surface area contributed by atoms with E-state index in [2.05, 4.69) is 0 Å². The molecule has 0 saturated carbocycles. The maximum atomic E-state index is 10.5. The van der Waals surface area contributed by atoms with Gasteiger partial charge in [0.1, 0.15) is 0 Å². The molecule has 4 heavy (non-hydrogen) atoms. The zero-order valence-electron chi connectivity index (χ0n) is 2.03. The largest absolute Gasteiger partial charge is 0.327 e. The van der Waals surface area contributed by atoms with Gasteiger partial charge in [0.25, 0.3) is 0 Å². The van der Waals surface area contributed by atoms with Crippen LogP contribution in [0.15, 0.2) is 0 Å². The molecule has 0 bridgehead atoms. The van der Waals surface area contributed by atoms with E-state index in [-0.39, 0.29) is 0 Å². The maximum absolute atomic E-state index is 10.5. The van der Waals surface area contributed by atoms with E-state index in [9.17, 15) is 4.11 Å². The van der Waals surface area contributed by atoms with Gasteiger partial charge in [0.05, 0.1) is 5.69 Å². The Balaban J connectivity index is 2.43. The van der Waals surface area contributed by atoms with Crippen LogP contribution < -0.4 is 0 Å². The first kappa shape index (κ1) is 3.64. The number of rotatable bonds is 0. The van der Waals surface area contributed by atoms with Crippen molar-refractivity contribution in [3.05, 3.63) is 0 Å². The molecule has 0 aliphatic carbocycles. The van der Waals surface area contributed by atoms with Gasteiger partial charge in [0, 0.05) is 0 Å². The van der Waals surface area contributed by atoms with Gasteiger partial charge in [-0.15, -0.1) is 0 Å². The first-order chi connectivity index (χ1) is 1.91. The molecule has 0 fully saturated rings. The van der Waals surface area contributed by atoms with Crippen molar-refractivity contribution in [3.8, 4) is 5.69 Å². The van der Waals surface area contributed by atoms with Crippen molar-refractivity contribution in [1.29, 1.82) is 5.26 Å². The summed E-state index contributed by atoms with van der Waals surface area (Å²) in [6.45, 7) is 0. The van der Waals surface area contributed by atoms with E-state index in [0.29, 0.717) is 0 Å². The third kappa shape index (κ3) is 1.64. The molecule has 0 aromatic rings. The highest BCUT2D eigenvalue weighted by Gasteiger charge is 1.60. The minimum Gasteiger partial charge on any atom is -0.303 e. The third-order valence-electron chi connectivity index (χ3n) is 0.0598. The maximum Gasteiger partial charge on any atom is 0.327 e. The topological polar surface area (TPSA) is 23.8 Å². The fraction of sp³-hybridized carbons (Fsp3) is 0. The molecule has 0 radical (unpaired) electrons. The molecule has 0 unspecified atom stereocenters.